The van der Waals surface area contributed by atoms with Crippen molar-refractivity contribution in [2.24, 2.45) is 17.1 Å². The van der Waals surface area contributed by atoms with E-state index in [1.807, 2.05) is 13.8 Å². The normalized spacial score (nSPS) is 23.2. The zero-order valence-corrected chi connectivity index (χ0v) is 18.9. The van der Waals surface area contributed by atoms with Crippen molar-refractivity contribution < 1.29 is 14.4 Å². The first-order valence-corrected chi connectivity index (χ1v) is 10.8. The largest absolute Gasteiger partial charge is 0.374 e. The van der Waals surface area contributed by atoms with E-state index in [1.54, 1.807) is 0 Å². The van der Waals surface area contributed by atoms with Crippen LogP contribution in [-0.2, 0) is 14.4 Å². The van der Waals surface area contributed by atoms with Crippen LogP contribution in [0.4, 0.5) is 5.69 Å². The fourth-order valence-corrected chi connectivity index (χ4v) is 4.81. The van der Waals surface area contributed by atoms with Crippen LogP contribution in [0.3, 0.4) is 0 Å². The lowest BCUT2D eigenvalue weighted by Crippen LogP contribution is -2.48. The van der Waals surface area contributed by atoms with Gasteiger partial charge in [-0.2, -0.15) is 0 Å². The number of carbonyl (C=O) groups is 3. The monoisotopic (exact) mass is 468 g/mol. The third-order valence-corrected chi connectivity index (χ3v) is 7.71. The number of aromatic nitrogens is 1. The highest BCUT2D eigenvalue weighted by molar-refractivity contribution is 6.51. The molecule has 1 aliphatic heterocycles. The minimum Gasteiger partial charge on any atom is -0.374 e. The second kappa shape index (κ2) is 8.63. The van der Waals surface area contributed by atoms with Gasteiger partial charge >= 0.3 is 0 Å². The molecule has 2 heterocycles. The number of primary amides is 1. The first kappa shape index (κ1) is 23.3. The van der Waals surface area contributed by atoms with Crippen molar-refractivity contribution in [3.05, 3.63) is 24.0 Å². The average Bonchev–Trinajstić information content (AvgIpc) is 3.07. The number of likely N-dealkylation sites (tertiary alicyclic amines) is 1. The molecule has 3 rings (SSSR count). The molecule has 0 radical (unpaired) electrons. The summed E-state index contributed by atoms with van der Waals surface area (Å²) in [5.74, 6) is -1.43. The molecule has 1 saturated heterocycles. The number of carbonyl (C=O) groups excluding carboxylic acids is 3. The fraction of sp³-hybridized carbons (Fsp3) is 0.550. The van der Waals surface area contributed by atoms with Gasteiger partial charge in [-0.3, -0.25) is 24.8 Å². The number of rotatable bonds is 8. The summed E-state index contributed by atoms with van der Waals surface area (Å²) < 4.78 is -0.866. The van der Waals surface area contributed by atoms with Gasteiger partial charge in [0.05, 0.1) is 18.4 Å². The number of pyridine rings is 1. The molecule has 1 saturated carbocycles. The number of hydrogen-bond acceptors (Lipinski definition) is 6. The maximum Gasteiger partial charge on any atom is 0.267 e. The lowest BCUT2D eigenvalue weighted by atomic mass is 10.1. The summed E-state index contributed by atoms with van der Waals surface area (Å²) in [6.07, 6.45) is 4.13. The first-order chi connectivity index (χ1) is 14.5. The summed E-state index contributed by atoms with van der Waals surface area (Å²) in [7, 11) is 0. The first-order valence-electron chi connectivity index (χ1n) is 10.00. The molecule has 9 nitrogen and oxygen atoms in total. The van der Waals surface area contributed by atoms with Gasteiger partial charge < -0.3 is 21.3 Å². The summed E-state index contributed by atoms with van der Waals surface area (Å²) in [5, 5.41) is 13.6. The summed E-state index contributed by atoms with van der Waals surface area (Å²) in [6, 6.07) is 0.910. The van der Waals surface area contributed by atoms with Crippen molar-refractivity contribution in [3.8, 4) is 0 Å². The summed E-state index contributed by atoms with van der Waals surface area (Å²) in [4.78, 5) is 42.3. The Morgan fingerprint density at radius 2 is 2.03 bits per heavy atom. The van der Waals surface area contributed by atoms with Crippen LogP contribution in [0.25, 0.3) is 0 Å². The van der Waals surface area contributed by atoms with Gasteiger partial charge in [0.2, 0.25) is 11.8 Å². The standard InChI is InChI=1S/C20H26Cl2N6O3/c1-19(2)14(20(19,21)22)9-27-18(31)13-4-3-7-28(13)15(29)10-26-12-8-25-6-5-11(12)16(23)17(24)30/h5-6,8,13-14,23,26H,3-4,7,9-10H2,1-2H3,(H2,24,30)(H,27,31)/t13-,14-/m0/s1. The van der Waals surface area contributed by atoms with E-state index in [9.17, 15) is 14.4 Å². The van der Waals surface area contributed by atoms with E-state index < -0.39 is 16.3 Å². The number of anilines is 1. The molecule has 3 amide bonds. The fourth-order valence-electron chi connectivity index (χ4n) is 3.96. The van der Waals surface area contributed by atoms with Crippen molar-refractivity contribution in [3.63, 3.8) is 0 Å². The molecule has 2 atom stereocenters. The van der Waals surface area contributed by atoms with E-state index in [0.717, 1.165) is 6.42 Å². The number of nitrogens with two attached hydrogens (primary N) is 1. The predicted molar refractivity (Wildman–Crippen MR) is 118 cm³/mol. The molecule has 11 heteroatoms. The topological polar surface area (TPSA) is 141 Å². The van der Waals surface area contributed by atoms with Gasteiger partial charge in [-0.1, -0.05) is 13.8 Å². The lowest BCUT2D eigenvalue weighted by Gasteiger charge is -2.24. The van der Waals surface area contributed by atoms with Gasteiger partial charge in [-0.15, -0.1) is 23.2 Å². The zero-order chi connectivity index (χ0) is 23.0. The van der Waals surface area contributed by atoms with Gasteiger partial charge in [-0.25, -0.2) is 0 Å². The Labute approximate surface area is 190 Å². The second-order valence-electron chi connectivity index (χ2n) is 8.40. The predicted octanol–water partition coefficient (Wildman–Crippen LogP) is 1.28. The highest BCUT2D eigenvalue weighted by atomic mass is 35.5. The molecule has 0 aromatic carbocycles. The van der Waals surface area contributed by atoms with E-state index in [-0.39, 0.29) is 41.0 Å². The minimum absolute atomic E-state index is 0.0518. The van der Waals surface area contributed by atoms with Crippen LogP contribution in [-0.4, -0.2) is 63.3 Å². The molecule has 0 unspecified atom stereocenters. The van der Waals surface area contributed by atoms with Crippen LogP contribution in [0.2, 0.25) is 0 Å². The van der Waals surface area contributed by atoms with Gasteiger partial charge in [-0.05, 0) is 18.9 Å². The molecule has 1 aromatic rings. The number of amides is 3. The molecular formula is C20H26Cl2N6O3. The zero-order valence-electron chi connectivity index (χ0n) is 17.4. The molecule has 1 aliphatic carbocycles. The molecule has 2 fully saturated rings. The Kier molecular flexibility index (Phi) is 6.48. The number of alkyl halides is 2. The quantitative estimate of drug-likeness (QED) is 0.335. The molecule has 5 N–H and O–H groups in total. The highest BCUT2D eigenvalue weighted by Gasteiger charge is 2.69. The van der Waals surface area contributed by atoms with Crippen molar-refractivity contribution >= 4 is 52.3 Å². The maximum absolute atomic E-state index is 12.8. The van der Waals surface area contributed by atoms with E-state index in [4.69, 9.17) is 34.3 Å². The van der Waals surface area contributed by atoms with E-state index in [2.05, 4.69) is 15.6 Å². The SMILES string of the molecule is CC1(C)[C@H](CNC(=O)[C@@H]2CCCN2C(=O)CNc2cnccc2C(=N)C(N)=O)C1(Cl)Cl. The number of nitrogens with one attached hydrogen (secondary N) is 3. The summed E-state index contributed by atoms with van der Waals surface area (Å²) >= 11 is 12.5. The van der Waals surface area contributed by atoms with Crippen LogP contribution in [0.1, 0.15) is 32.3 Å². The van der Waals surface area contributed by atoms with Crippen molar-refractivity contribution in [1.29, 1.82) is 5.41 Å². The van der Waals surface area contributed by atoms with Crippen LogP contribution < -0.4 is 16.4 Å². The van der Waals surface area contributed by atoms with Crippen LogP contribution in [0, 0.1) is 16.7 Å². The molecule has 168 valence electrons. The molecule has 2 aliphatic rings. The molecule has 0 bridgehead atoms. The lowest BCUT2D eigenvalue weighted by molar-refractivity contribution is -0.137. The van der Waals surface area contributed by atoms with Gasteiger partial charge in [0.15, 0.2) is 0 Å². The van der Waals surface area contributed by atoms with Crippen LogP contribution >= 0.6 is 23.2 Å². The molecule has 0 spiro atoms. The molecule has 31 heavy (non-hydrogen) atoms. The van der Waals surface area contributed by atoms with E-state index >= 15 is 0 Å². The van der Waals surface area contributed by atoms with E-state index in [1.165, 1.54) is 23.4 Å². The van der Waals surface area contributed by atoms with E-state index in [0.29, 0.717) is 25.2 Å². The number of hydrogen-bond donors (Lipinski definition) is 4. The summed E-state index contributed by atoms with van der Waals surface area (Å²) in [5.41, 5.74) is 5.12. The minimum atomic E-state index is -0.881. The Morgan fingerprint density at radius 3 is 2.65 bits per heavy atom. The second-order valence-corrected chi connectivity index (χ2v) is 9.79. The van der Waals surface area contributed by atoms with Crippen molar-refractivity contribution in [2.45, 2.75) is 37.1 Å². The van der Waals surface area contributed by atoms with Crippen molar-refractivity contribution in [2.75, 3.05) is 25.0 Å². The van der Waals surface area contributed by atoms with Crippen LogP contribution in [0.5, 0.6) is 0 Å². The third kappa shape index (κ3) is 4.48. The van der Waals surface area contributed by atoms with Crippen LogP contribution in [0.15, 0.2) is 18.5 Å². The number of nitrogens with zero attached hydrogens (tertiary/aromatic N) is 2. The average molecular weight is 469 g/mol. The Bertz CT molecular complexity index is 906. The Balaban J connectivity index is 1.58. The van der Waals surface area contributed by atoms with Crippen molar-refractivity contribution in [1.82, 2.24) is 15.2 Å². The Morgan fingerprint density at radius 1 is 1.35 bits per heavy atom. The molecule has 1 aromatic heterocycles. The third-order valence-electron chi connectivity index (χ3n) is 6.21. The summed E-state index contributed by atoms with van der Waals surface area (Å²) in [6.45, 7) is 4.61. The Hall–Kier alpha value is -2.39. The highest BCUT2D eigenvalue weighted by Crippen LogP contribution is 2.68. The van der Waals surface area contributed by atoms with Gasteiger partial charge in [0, 0.05) is 36.2 Å². The van der Waals surface area contributed by atoms with Gasteiger partial charge in [0.25, 0.3) is 5.91 Å². The maximum atomic E-state index is 12.8. The van der Waals surface area contributed by atoms with Gasteiger partial charge in [0.1, 0.15) is 16.1 Å². The molecular weight excluding hydrogens is 443 g/mol. The smallest absolute Gasteiger partial charge is 0.267 e. The number of halogens is 2.